The lowest BCUT2D eigenvalue weighted by atomic mass is 9.81. The second kappa shape index (κ2) is 9.64. The highest BCUT2D eigenvalue weighted by molar-refractivity contribution is 5.83. The van der Waals surface area contributed by atoms with Gasteiger partial charge in [0.15, 0.2) is 5.76 Å². The van der Waals surface area contributed by atoms with Crippen molar-refractivity contribution in [1.29, 1.82) is 0 Å². The Balaban J connectivity index is 1.65. The van der Waals surface area contributed by atoms with Gasteiger partial charge in [0.25, 0.3) is 0 Å². The van der Waals surface area contributed by atoms with Crippen molar-refractivity contribution in [1.82, 2.24) is 15.4 Å². The normalized spacial score (nSPS) is 19.2. The molecule has 1 aromatic carbocycles. The van der Waals surface area contributed by atoms with Gasteiger partial charge in [0, 0.05) is 25.1 Å². The van der Waals surface area contributed by atoms with Crippen molar-refractivity contribution in [2.75, 3.05) is 26.7 Å². The molecule has 2 aromatic rings. The highest BCUT2D eigenvalue weighted by Crippen LogP contribution is 2.30. The van der Waals surface area contributed by atoms with Crippen LogP contribution in [0.25, 0.3) is 11.3 Å². The lowest BCUT2D eigenvalue weighted by molar-refractivity contribution is -0.135. The van der Waals surface area contributed by atoms with E-state index in [1.54, 1.807) is 7.05 Å². The van der Waals surface area contributed by atoms with E-state index in [0.717, 1.165) is 42.9 Å². The third kappa shape index (κ3) is 6.17. The van der Waals surface area contributed by atoms with Crippen LogP contribution in [0.15, 0.2) is 34.9 Å². The maximum Gasteiger partial charge on any atom is 0.237 e. The predicted molar refractivity (Wildman–Crippen MR) is 120 cm³/mol. The SMILES string of the molecule is CN(CC(N)=O)C(=O)CC1CCNCC1Cc1cc(-c2ccc(C(C)(C)C)cc2)on1. The van der Waals surface area contributed by atoms with Crippen molar-refractivity contribution in [2.24, 2.45) is 17.6 Å². The Morgan fingerprint density at radius 3 is 2.58 bits per heavy atom. The number of carbonyl (C=O) groups excluding carboxylic acids is 2. The number of hydrogen-bond donors (Lipinski definition) is 2. The summed E-state index contributed by atoms with van der Waals surface area (Å²) < 4.78 is 5.62. The van der Waals surface area contributed by atoms with Gasteiger partial charge in [-0.15, -0.1) is 0 Å². The van der Waals surface area contributed by atoms with E-state index in [2.05, 4.69) is 55.5 Å². The predicted octanol–water partition coefficient (Wildman–Crippen LogP) is 2.74. The monoisotopic (exact) mass is 426 g/mol. The average Bonchev–Trinajstić information content (AvgIpc) is 3.17. The fraction of sp³-hybridized carbons (Fsp3) is 0.542. The summed E-state index contributed by atoms with van der Waals surface area (Å²) in [4.78, 5) is 25.0. The Morgan fingerprint density at radius 1 is 1.23 bits per heavy atom. The lowest BCUT2D eigenvalue weighted by Crippen LogP contribution is -2.42. The summed E-state index contributed by atoms with van der Waals surface area (Å²) in [6.07, 6.45) is 2.07. The largest absolute Gasteiger partial charge is 0.368 e. The molecule has 31 heavy (non-hydrogen) atoms. The van der Waals surface area contributed by atoms with E-state index in [4.69, 9.17) is 10.3 Å². The topological polar surface area (TPSA) is 101 Å². The maximum atomic E-state index is 12.5. The van der Waals surface area contributed by atoms with Crippen molar-refractivity contribution in [3.05, 3.63) is 41.6 Å². The van der Waals surface area contributed by atoms with Gasteiger partial charge in [-0.25, -0.2) is 0 Å². The first-order chi connectivity index (χ1) is 14.6. The van der Waals surface area contributed by atoms with Crippen molar-refractivity contribution in [2.45, 2.75) is 45.4 Å². The highest BCUT2D eigenvalue weighted by Gasteiger charge is 2.29. The van der Waals surface area contributed by atoms with Gasteiger partial charge in [0.1, 0.15) is 0 Å². The fourth-order valence-corrected chi connectivity index (χ4v) is 4.13. The third-order valence-corrected chi connectivity index (χ3v) is 6.09. The van der Waals surface area contributed by atoms with E-state index in [9.17, 15) is 9.59 Å². The van der Waals surface area contributed by atoms with Gasteiger partial charge in [0.2, 0.25) is 11.8 Å². The number of nitrogens with one attached hydrogen (secondary N) is 1. The molecule has 1 fully saturated rings. The van der Waals surface area contributed by atoms with E-state index >= 15 is 0 Å². The van der Waals surface area contributed by atoms with Gasteiger partial charge >= 0.3 is 0 Å². The molecule has 1 aromatic heterocycles. The quantitative estimate of drug-likeness (QED) is 0.709. The number of piperidine rings is 1. The smallest absolute Gasteiger partial charge is 0.237 e. The van der Waals surface area contributed by atoms with Crippen LogP contribution in [0.4, 0.5) is 0 Å². The standard InChI is InChI=1S/C24H34N4O3/c1-24(2,3)19-7-5-16(6-8-19)21-13-20(27-31-21)11-18-14-26-10-9-17(18)12-23(30)28(4)15-22(25)29/h5-8,13,17-18,26H,9-12,14-15H2,1-4H3,(H2,25,29). The maximum absolute atomic E-state index is 12.5. The Labute approximate surface area is 184 Å². The third-order valence-electron chi connectivity index (χ3n) is 6.09. The molecule has 2 atom stereocenters. The van der Waals surface area contributed by atoms with Crippen LogP contribution < -0.4 is 11.1 Å². The summed E-state index contributed by atoms with van der Waals surface area (Å²) in [6.45, 7) is 8.26. The number of nitrogens with zero attached hydrogens (tertiary/aromatic N) is 2. The summed E-state index contributed by atoms with van der Waals surface area (Å²) in [5, 5.41) is 7.71. The zero-order valence-electron chi connectivity index (χ0n) is 19.0. The Hall–Kier alpha value is -2.67. The van der Waals surface area contributed by atoms with E-state index in [0.29, 0.717) is 6.42 Å². The molecule has 0 bridgehead atoms. The number of primary amides is 1. The van der Waals surface area contributed by atoms with Crippen LogP contribution in [0.3, 0.4) is 0 Å². The summed E-state index contributed by atoms with van der Waals surface area (Å²) in [5.41, 5.74) is 8.50. The molecule has 3 N–H and O–H groups in total. The molecule has 0 radical (unpaired) electrons. The van der Waals surface area contributed by atoms with Crippen molar-refractivity contribution in [3.8, 4) is 11.3 Å². The van der Waals surface area contributed by atoms with E-state index in [-0.39, 0.29) is 29.7 Å². The molecule has 0 saturated carbocycles. The number of hydrogen-bond acceptors (Lipinski definition) is 5. The molecular formula is C24H34N4O3. The van der Waals surface area contributed by atoms with Crippen LogP contribution in [0.1, 0.15) is 44.9 Å². The van der Waals surface area contributed by atoms with Crippen LogP contribution in [-0.4, -0.2) is 48.6 Å². The summed E-state index contributed by atoms with van der Waals surface area (Å²) in [5.74, 6) is 0.725. The van der Waals surface area contributed by atoms with Gasteiger partial charge < -0.3 is 20.5 Å². The van der Waals surface area contributed by atoms with Gasteiger partial charge in [-0.05, 0) is 48.7 Å². The minimum Gasteiger partial charge on any atom is -0.368 e. The number of nitrogens with two attached hydrogens (primary N) is 1. The Morgan fingerprint density at radius 2 is 1.94 bits per heavy atom. The number of carbonyl (C=O) groups is 2. The molecule has 1 aliphatic rings. The molecule has 7 heteroatoms. The lowest BCUT2D eigenvalue weighted by Gasteiger charge is -2.32. The molecule has 1 aliphatic heterocycles. The van der Waals surface area contributed by atoms with Crippen LogP contribution in [0.2, 0.25) is 0 Å². The van der Waals surface area contributed by atoms with Gasteiger partial charge in [-0.1, -0.05) is 50.2 Å². The zero-order valence-corrected chi connectivity index (χ0v) is 19.0. The fourth-order valence-electron chi connectivity index (χ4n) is 4.13. The molecule has 2 heterocycles. The van der Waals surface area contributed by atoms with Crippen LogP contribution >= 0.6 is 0 Å². The first-order valence-electron chi connectivity index (χ1n) is 10.9. The number of likely N-dealkylation sites (N-methyl/N-ethyl adjacent to an activating group) is 1. The zero-order chi connectivity index (χ0) is 22.6. The van der Waals surface area contributed by atoms with E-state index in [1.165, 1.54) is 10.5 Å². The van der Waals surface area contributed by atoms with Crippen molar-refractivity contribution >= 4 is 11.8 Å². The van der Waals surface area contributed by atoms with E-state index < -0.39 is 5.91 Å². The number of aromatic nitrogens is 1. The first-order valence-corrected chi connectivity index (χ1v) is 10.9. The molecular weight excluding hydrogens is 392 g/mol. The van der Waals surface area contributed by atoms with Crippen LogP contribution in [0.5, 0.6) is 0 Å². The second-order valence-corrected chi connectivity index (χ2v) is 9.65. The molecule has 0 aliphatic carbocycles. The van der Waals surface area contributed by atoms with E-state index in [1.807, 2.05) is 6.07 Å². The van der Waals surface area contributed by atoms with Gasteiger partial charge in [-0.2, -0.15) is 0 Å². The first kappa shape index (κ1) is 23.0. The average molecular weight is 427 g/mol. The number of benzene rings is 1. The Kier molecular flexibility index (Phi) is 7.15. The molecule has 7 nitrogen and oxygen atoms in total. The minimum atomic E-state index is -0.497. The van der Waals surface area contributed by atoms with Gasteiger partial charge in [0.05, 0.1) is 12.2 Å². The summed E-state index contributed by atoms with van der Waals surface area (Å²) >= 11 is 0. The number of rotatable bonds is 7. The highest BCUT2D eigenvalue weighted by atomic mass is 16.5. The molecule has 3 rings (SSSR count). The molecule has 168 valence electrons. The molecule has 1 saturated heterocycles. The van der Waals surface area contributed by atoms with Crippen LogP contribution in [-0.2, 0) is 21.4 Å². The second-order valence-electron chi connectivity index (χ2n) is 9.65. The minimum absolute atomic E-state index is 0.0459. The molecule has 0 spiro atoms. The summed E-state index contributed by atoms with van der Waals surface area (Å²) in [7, 11) is 1.62. The van der Waals surface area contributed by atoms with Crippen LogP contribution in [0, 0.1) is 11.8 Å². The molecule has 2 amide bonds. The number of amides is 2. The summed E-state index contributed by atoms with van der Waals surface area (Å²) in [6, 6.07) is 10.4. The molecule has 2 unspecified atom stereocenters. The van der Waals surface area contributed by atoms with Crippen molar-refractivity contribution < 1.29 is 14.1 Å². The van der Waals surface area contributed by atoms with Gasteiger partial charge in [-0.3, -0.25) is 9.59 Å². The Bertz CT molecular complexity index is 898. The van der Waals surface area contributed by atoms with Crippen molar-refractivity contribution in [3.63, 3.8) is 0 Å².